The van der Waals surface area contributed by atoms with Crippen molar-refractivity contribution in [2.75, 3.05) is 25.5 Å². The second-order valence-corrected chi connectivity index (χ2v) is 7.73. The molecule has 0 saturated carbocycles. The summed E-state index contributed by atoms with van der Waals surface area (Å²) in [5, 5.41) is 13.8. The number of nitro benzene ring substituents is 1. The number of carbonyl (C=O) groups is 1. The van der Waals surface area contributed by atoms with Gasteiger partial charge in [0.2, 0.25) is 17.6 Å². The minimum atomic E-state index is -1.02. The molecule has 2 heterocycles. The van der Waals surface area contributed by atoms with Crippen molar-refractivity contribution in [2.24, 2.45) is 0 Å². The number of nitrogens with one attached hydrogen (secondary N) is 1. The van der Waals surface area contributed by atoms with E-state index in [-0.39, 0.29) is 29.4 Å². The van der Waals surface area contributed by atoms with Gasteiger partial charge < -0.3 is 24.4 Å². The average molecular weight is 435 g/mol. The summed E-state index contributed by atoms with van der Waals surface area (Å²) in [6.45, 7) is 6.07. The van der Waals surface area contributed by atoms with Crippen molar-refractivity contribution in [1.82, 2.24) is 14.9 Å². The number of nitrogens with zero attached hydrogens (tertiary/aromatic N) is 4. The van der Waals surface area contributed by atoms with Crippen LogP contribution in [0.4, 0.5) is 26.5 Å². The molecule has 1 N–H and O–H groups in total. The maximum atomic E-state index is 13.8. The van der Waals surface area contributed by atoms with Crippen LogP contribution in [0.3, 0.4) is 0 Å². The highest BCUT2D eigenvalue weighted by atomic mass is 19.1. The summed E-state index contributed by atoms with van der Waals surface area (Å²) in [7, 11) is 1.30. The molecule has 0 atom stereocenters. The van der Waals surface area contributed by atoms with Crippen LogP contribution in [0, 0.1) is 15.9 Å². The van der Waals surface area contributed by atoms with Gasteiger partial charge in [-0.1, -0.05) is 0 Å². The van der Waals surface area contributed by atoms with Gasteiger partial charge in [0.15, 0.2) is 0 Å². The number of hydrogen-bond acceptors (Lipinski definition) is 9. The smallest absolute Gasteiger partial charge is 0.410 e. The predicted molar refractivity (Wildman–Crippen MR) is 107 cm³/mol. The number of rotatable bonds is 6. The Morgan fingerprint density at radius 1 is 1.35 bits per heavy atom. The first-order chi connectivity index (χ1) is 14.6. The minimum absolute atomic E-state index is 0.0463. The molecule has 0 spiro atoms. The number of nitro groups is 1. The van der Waals surface area contributed by atoms with Crippen molar-refractivity contribution < 1.29 is 28.3 Å². The monoisotopic (exact) mass is 435 g/mol. The van der Waals surface area contributed by atoms with Gasteiger partial charge >= 0.3 is 11.8 Å². The lowest BCUT2D eigenvalue weighted by Gasteiger charge is -2.39. The molecule has 0 bridgehead atoms. The van der Waals surface area contributed by atoms with Gasteiger partial charge in [0, 0.05) is 24.4 Å². The van der Waals surface area contributed by atoms with Crippen molar-refractivity contribution in [1.29, 1.82) is 0 Å². The minimum Gasteiger partial charge on any atom is -0.494 e. The van der Waals surface area contributed by atoms with Crippen molar-refractivity contribution in [3.8, 4) is 11.6 Å². The lowest BCUT2D eigenvalue weighted by molar-refractivity contribution is -0.387. The molecule has 1 saturated heterocycles. The molecule has 1 aliphatic heterocycles. The van der Waals surface area contributed by atoms with E-state index < -0.39 is 28.1 Å². The highest BCUT2D eigenvalue weighted by Gasteiger charge is 2.35. The summed E-state index contributed by atoms with van der Waals surface area (Å²) in [6, 6.07) is 3.43. The fourth-order valence-electron chi connectivity index (χ4n) is 2.70. The van der Waals surface area contributed by atoms with Gasteiger partial charge in [0.05, 0.1) is 30.8 Å². The van der Waals surface area contributed by atoms with E-state index in [2.05, 4.69) is 15.3 Å². The van der Waals surface area contributed by atoms with E-state index in [0.717, 1.165) is 12.1 Å². The molecule has 1 aromatic carbocycles. The second kappa shape index (κ2) is 8.58. The Kier molecular flexibility index (Phi) is 6.09. The number of aromatic nitrogens is 2. The summed E-state index contributed by atoms with van der Waals surface area (Å²) >= 11 is 0. The van der Waals surface area contributed by atoms with E-state index in [1.807, 2.05) is 0 Å². The molecule has 1 aromatic heterocycles. The third-order valence-electron chi connectivity index (χ3n) is 4.13. The highest BCUT2D eigenvalue weighted by molar-refractivity contribution is 5.69. The quantitative estimate of drug-likeness (QED) is 0.537. The molecule has 11 nitrogen and oxygen atoms in total. The Bertz CT molecular complexity index is 990. The molecule has 1 amide bonds. The first kappa shape index (κ1) is 22.0. The van der Waals surface area contributed by atoms with Gasteiger partial charge in [-0.15, -0.1) is 0 Å². The third kappa shape index (κ3) is 5.47. The molecule has 1 fully saturated rings. The summed E-state index contributed by atoms with van der Waals surface area (Å²) in [5.41, 5.74) is -1.17. The SMILES string of the molecule is COc1cc(F)c([N+](=O)[O-])cc1Nc1nccc(OC2CN(C(=O)OC(C)(C)C)C2)n1. The molecule has 31 heavy (non-hydrogen) atoms. The second-order valence-electron chi connectivity index (χ2n) is 7.73. The van der Waals surface area contributed by atoms with E-state index in [1.165, 1.54) is 24.3 Å². The lowest BCUT2D eigenvalue weighted by Crippen LogP contribution is -2.57. The normalized spacial score (nSPS) is 13.9. The predicted octanol–water partition coefficient (Wildman–Crippen LogP) is 3.27. The van der Waals surface area contributed by atoms with Crippen LogP contribution in [-0.4, -0.2) is 57.8 Å². The molecule has 0 radical (unpaired) electrons. The number of amides is 1. The third-order valence-corrected chi connectivity index (χ3v) is 4.13. The molecule has 12 heteroatoms. The van der Waals surface area contributed by atoms with Gasteiger partial charge in [-0.3, -0.25) is 10.1 Å². The zero-order chi connectivity index (χ0) is 22.8. The van der Waals surface area contributed by atoms with Gasteiger partial charge in [-0.2, -0.15) is 9.37 Å². The molecule has 166 valence electrons. The molecule has 1 aliphatic rings. The lowest BCUT2D eigenvalue weighted by atomic mass is 10.2. The summed E-state index contributed by atoms with van der Waals surface area (Å²) in [6.07, 6.45) is 0.749. The first-order valence-corrected chi connectivity index (χ1v) is 9.32. The van der Waals surface area contributed by atoms with Crippen LogP contribution in [0.25, 0.3) is 0 Å². The Labute approximate surface area is 177 Å². The number of halogens is 1. The molecule has 2 aromatic rings. The standard InChI is InChI=1S/C19H22FN5O6/c1-19(2,3)31-18(26)24-9-11(10-24)30-16-5-6-21-17(23-16)22-13-8-14(25(27)28)12(20)7-15(13)29-4/h5-8,11H,9-10H2,1-4H3,(H,21,22,23). The zero-order valence-electron chi connectivity index (χ0n) is 17.4. The Morgan fingerprint density at radius 3 is 2.68 bits per heavy atom. The fraction of sp³-hybridized carbons (Fsp3) is 0.421. The van der Waals surface area contributed by atoms with Gasteiger partial charge in [0.25, 0.3) is 0 Å². The van der Waals surface area contributed by atoms with Crippen LogP contribution in [0.5, 0.6) is 11.6 Å². The number of carbonyl (C=O) groups excluding carboxylic acids is 1. The largest absolute Gasteiger partial charge is 0.494 e. The molecular formula is C19H22FN5O6. The fourth-order valence-corrected chi connectivity index (χ4v) is 2.70. The van der Waals surface area contributed by atoms with Crippen molar-refractivity contribution in [3.63, 3.8) is 0 Å². The van der Waals surface area contributed by atoms with Crippen molar-refractivity contribution in [3.05, 3.63) is 40.3 Å². The van der Waals surface area contributed by atoms with E-state index in [0.29, 0.717) is 13.1 Å². The maximum absolute atomic E-state index is 13.8. The number of benzene rings is 1. The van der Waals surface area contributed by atoms with Crippen LogP contribution in [0.15, 0.2) is 24.4 Å². The number of hydrogen-bond donors (Lipinski definition) is 1. The average Bonchev–Trinajstić information content (AvgIpc) is 2.64. The Balaban J connectivity index is 1.65. The van der Waals surface area contributed by atoms with Crippen LogP contribution >= 0.6 is 0 Å². The van der Waals surface area contributed by atoms with Gasteiger partial charge in [-0.25, -0.2) is 9.78 Å². The number of anilines is 2. The topological polar surface area (TPSA) is 129 Å². The number of likely N-dealkylation sites (tertiary alicyclic amines) is 1. The molecule has 0 unspecified atom stereocenters. The Morgan fingerprint density at radius 2 is 2.06 bits per heavy atom. The van der Waals surface area contributed by atoms with Gasteiger partial charge in [-0.05, 0) is 20.8 Å². The zero-order valence-corrected chi connectivity index (χ0v) is 17.4. The molecular weight excluding hydrogens is 413 g/mol. The Hall–Kier alpha value is -3.70. The molecule has 3 rings (SSSR count). The van der Waals surface area contributed by atoms with Crippen molar-refractivity contribution >= 4 is 23.4 Å². The van der Waals surface area contributed by atoms with Crippen LogP contribution < -0.4 is 14.8 Å². The van der Waals surface area contributed by atoms with E-state index >= 15 is 0 Å². The maximum Gasteiger partial charge on any atom is 0.410 e. The van der Waals surface area contributed by atoms with Gasteiger partial charge in [0.1, 0.15) is 17.5 Å². The summed E-state index contributed by atoms with van der Waals surface area (Å²) in [4.78, 5) is 31.9. The van der Waals surface area contributed by atoms with Crippen molar-refractivity contribution in [2.45, 2.75) is 32.5 Å². The summed E-state index contributed by atoms with van der Waals surface area (Å²) in [5.74, 6) is -0.670. The van der Waals surface area contributed by atoms with E-state index in [1.54, 1.807) is 20.8 Å². The number of methoxy groups -OCH3 is 1. The molecule has 0 aliphatic carbocycles. The van der Waals surface area contributed by atoms with Crippen LogP contribution in [0.2, 0.25) is 0 Å². The number of ether oxygens (including phenoxy) is 3. The van der Waals surface area contributed by atoms with E-state index in [9.17, 15) is 19.3 Å². The summed E-state index contributed by atoms with van der Waals surface area (Å²) < 4.78 is 29.9. The highest BCUT2D eigenvalue weighted by Crippen LogP contribution is 2.33. The van der Waals surface area contributed by atoms with E-state index in [4.69, 9.17) is 14.2 Å². The first-order valence-electron chi connectivity index (χ1n) is 9.32. The van der Waals surface area contributed by atoms with Crippen LogP contribution in [-0.2, 0) is 4.74 Å². The van der Waals surface area contributed by atoms with Crippen LogP contribution in [0.1, 0.15) is 20.8 Å².